The van der Waals surface area contributed by atoms with E-state index < -0.39 is 27.9 Å². The van der Waals surface area contributed by atoms with Gasteiger partial charge < -0.3 is 4.74 Å². The van der Waals surface area contributed by atoms with Crippen molar-refractivity contribution in [1.82, 2.24) is 4.31 Å². The number of piperidine rings is 1. The van der Waals surface area contributed by atoms with Crippen LogP contribution in [0.3, 0.4) is 0 Å². The molecule has 1 heterocycles. The van der Waals surface area contributed by atoms with Gasteiger partial charge in [-0.1, -0.05) is 0 Å². The van der Waals surface area contributed by atoms with Crippen LogP contribution in [0.1, 0.15) is 19.3 Å². The van der Waals surface area contributed by atoms with Crippen molar-refractivity contribution < 1.29 is 22.3 Å². The SMILES string of the molecule is COC(=O)[C@H]1CCCCN1S(=O)(=O)c1ccc(F)cc1Br. The van der Waals surface area contributed by atoms with Gasteiger partial charge in [0.15, 0.2) is 0 Å². The van der Waals surface area contributed by atoms with Crippen LogP contribution in [0, 0.1) is 5.82 Å². The molecule has 1 fully saturated rings. The molecule has 21 heavy (non-hydrogen) atoms. The molecular formula is C13H15BrFNO4S. The predicted molar refractivity (Wildman–Crippen MR) is 77.6 cm³/mol. The van der Waals surface area contributed by atoms with E-state index in [-0.39, 0.29) is 15.9 Å². The lowest BCUT2D eigenvalue weighted by Gasteiger charge is -2.32. The maximum atomic E-state index is 13.1. The van der Waals surface area contributed by atoms with Crippen molar-refractivity contribution in [3.8, 4) is 0 Å². The molecular weight excluding hydrogens is 365 g/mol. The Morgan fingerprint density at radius 1 is 1.43 bits per heavy atom. The monoisotopic (exact) mass is 379 g/mol. The lowest BCUT2D eigenvalue weighted by molar-refractivity contribution is -0.146. The number of nitrogens with zero attached hydrogens (tertiary/aromatic N) is 1. The van der Waals surface area contributed by atoms with Crippen LogP contribution >= 0.6 is 15.9 Å². The van der Waals surface area contributed by atoms with Gasteiger partial charge in [0.2, 0.25) is 10.0 Å². The average Bonchev–Trinajstić information content (AvgIpc) is 2.46. The maximum absolute atomic E-state index is 13.1. The van der Waals surface area contributed by atoms with Crippen LogP contribution in [0.4, 0.5) is 4.39 Å². The second kappa shape index (κ2) is 6.41. The van der Waals surface area contributed by atoms with E-state index in [1.807, 2.05) is 0 Å². The van der Waals surface area contributed by atoms with Crippen LogP contribution in [0.5, 0.6) is 0 Å². The molecule has 1 saturated heterocycles. The Morgan fingerprint density at radius 3 is 2.76 bits per heavy atom. The fourth-order valence-electron chi connectivity index (χ4n) is 2.38. The zero-order chi connectivity index (χ0) is 15.6. The van der Waals surface area contributed by atoms with Gasteiger partial charge in [0.05, 0.1) is 12.0 Å². The Bertz CT molecular complexity index is 650. The van der Waals surface area contributed by atoms with Crippen LogP contribution in [0.2, 0.25) is 0 Å². The van der Waals surface area contributed by atoms with Gasteiger partial charge in [-0.05, 0) is 53.4 Å². The Morgan fingerprint density at radius 2 is 2.14 bits per heavy atom. The van der Waals surface area contributed by atoms with Gasteiger partial charge in [-0.3, -0.25) is 4.79 Å². The summed E-state index contributed by atoms with van der Waals surface area (Å²) in [4.78, 5) is 11.7. The Balaban J connectivity index is 2.43. The molecule has 1 aliphatic rings. The van der Waals surface area contributed by atoms with Gasteiger partial charge in [0, 0.05) is 11.0 Å². The van der Waals surface area contributed by atoms with Crippen LogP contribution in [-0.2, 0) is 19.6 Å². The molecule has 0 aliphatic carbocycles. The molecule has 0 bridgehead atoms. The molecule has 0 spiro atoms. The summed E-state index contributed by atoms with van der Waals surface area (Å²) >= 11 is 3.06. The van der Waals surface area contributed by atoms with Crippen molar-refractivity contribution in [1.29, 1.82) is 0 Å². The largest absolute Gasteiger partial charge is 0.468 e. The summed E-state index contributed by atoms with van der Waals surface area (Å²) in [6.45, 7) is 0.242. The van der Waals surface area contributed by atoms with Crippen LogP contribution in [0.25, 0.3) is 0 Å². The molecule has 0 saturated carbocycles. The molecule has 2 rings (SSSR count). The van der Waals surface area contributed by atoms with Crippen molar-refractivity contribution in [3.05, 3.63) is 28.5 Å². The standard InChI is InChI=1S/C13H15BrFNO4S/c1-20-13(17)11-4-2-3-7-16(11)21(18,19)12-6-5-9(15)8-10(12)14/h5-6,8,11H,2-4,7H2,1H3/t11-/m1/s1. The van der Waals surface area contributed by atoms with E-state index in [1.54, 1.807) is 0 Å². The Labute approximate surface area is 131 Å². The highest BCUT2D eigenvalue weighted by Gasteiger charge is 2.39. The molecule has 0 aromatic heterocycles. The minimum absolute atomic E-state index is 0.0558. The predicted octanol–water partition coefficient (Wildman–Crippen LogP) is 2.30. The number of carbonyl (C=O) groups excluding carboxylic acids is 1. The lowest BCUT2D eigenvalue weighted by Crippen LogP contribution is -2.48. The summed E-state index contributed by atoms with van der Waals surface area (Å²) in [7, 11) is -2.66. The number of methoxy groups -OCH3 is 1. The maximum Gasteiger partial charge on any atom is 0.324 e. The highest BCUT2D eigenvalue weighted by molar-refractivity contribution is 9.10. The van der Waals surface area contributed by atoms with Gasteiger partial charge in [-0.15, -0.1) is 0 Å². The van der Waals surface area contributed by atoms with Crippen LogP contribution in [-0.4, -0.2) is 38.4 Å². The van der Waals surface area contributed by atoms with E-state index in [9.17, 15) is 17.6 Å². The highest BCUT2D eigenvalue weighted by Crippen LogP contribution is 2.30. The van der Waals surface area contributed by atoms with Gasteiger partial charge in [-0.2, -0.15) is 4.31 Å². The minimum Gasteiger partial charge on any atom is -0.468 e. The summed E-state index contributed by atoms with van der Waals surface area (Å²) < 4.78 is 44.5. The number of hydrogen-bond acceptors (Lipinski definition) is 4. The van der Waals surface area contributed by atoms with E-state index in [0.717, 1.165) is 22.9 Å². The molecule has 1 aromatic rings. The summed E-state index contributed by atoms with van der Waals surface area (Å²) in [5, 5.41) is 0. The molecule has 1 atom stereocenters. The molecule has 0 radical (unpaired) electrons. The first-order valence-corrected chi connectivity index (χ1v) is 8.66. The van der Waals surface area contributed by atoms with Gasteiger partial charge in [0.25, 0.3) is 0 Å². The number of esters is 1. The fourth-order valence-corrected chi connectivity index (χ4v) is 5.03. The third-order valence-electron chi connectivity index (χ3n) is 3.41. The zero-order valence-electron chi connectivity index (χ0n) is 11.4. The smallest absolute Gasteiger partial charge is 0.324 e. The number of carbonyl (C=O) groups is 1. The molecule has 0 unspecified atom stereocenters. The first-order valence-electron chi connectivity index (χ1n) is 6.42. The summed E-state index contributed by atoms with van der Waals surface area (Å²) in [6.07, 6.45) is 1.85. The topological polar surface area (TPSA) is 63.7 Å². The number of sulfonamides is 1. The first-order chi connectivity index (χ1) is 9.87. The second-order valence-electron chi connectivity index (χ2n) is 4.73. The summed E-state index contributed by atoms with van der Waals surface area (Å²) in [6, 6.07) is 2.53. The van der Waals surface area contributed by atoms with Crippen LogP contribution in [0.15, 0.2) is 27.6 Å². The van der Waals surface area contributed by atoms with E-state index in [2.05, 4.69) is 20.7 Å². The second-order valence-corrected chi connectivity index (χ2v) is 7.44. The first kappa shape index (κ1) is 16.4. The van der Waals surface area contributed by atoms with Gasteiger partial charge >= 0.3 is 5.97 Å². The third kappa shape index (κ3) is 3.27. The molecule has 1 aliphatic heterocycles. The average molecular weight is 380 g/mol. The van der Waals surface area contributed by atoms with Crippen molar-refractivity contribution in [2.75, 3.05) is 13.7 Å². The molecule has 8 heteroatoms. The van der Waals surface area contributed by atoms with Gasteiger partial charge in [0.1, 0.15) is 11.9 Å². The molecule has 0 amide bonds. The van der Waals surface area contributed by atoms with E-state index in [1.165, 1.54) is 13.2 Å². The van der Waals surface area contributed by atoms with Crippen molar-refractivity contribution in [2.24, 2.45) is 0 Å². The number of halogens is 2. The molecule has 116 valence electrons. The Hall–Kier alpha value is -0.990. The van der Waals surface area contributed by atoms with E-state index in [0.29, 0.717) is 12.8 Å². The number of benzene rings is 1. The van der Waals surface area contributed by atoms with Gasteiger partial charge in [-0.25, -0.2) is 12.8 Å². The minimum atomic E-state index is -3.89. The molecule has 1 aromatic carbocycles. The number of hydrogen-bond donors (Lipinski definition) is 0. The normalized spacial score (nSPS) is 20.2. The summed E-state index contributed by atoms with van der Waals surface area (Å²) in [5.74, 6) is -1.11. The number of rotatable bonds is 3. The summed E-state index contributed by atoms with van der Waals surface area (Å²) in [5.41, 5.74) is 0. The quantitative estimate of drug-likeness (QED) is 0.755. The van der Waals surface area contributed by atoms with E-state index in [4.69, 9.17) is 0 Å². The van der Waals surface area contributed by atoms with Crippen molar-refractivity contribution in [2.45, 2.75) is 30.2 Å². The third-order valence-corrected chi connectivity index (χ3v) is 6.29. The zero-order valence-corrected chi connectivity index (χ0v) is 13.8. The van der Waals surface area contributed by atoms with E-state index >= 15 is 0 Å². The lowest BCUT2D eigenvalue weighted by atomic mass is 10.1. The molecule has 5 nitrogen and oxygen atoms in total. The Kier molecular flexibility index (Phi) is 5.00. The van der Waals surface area contributed by atoms with Crippen molar-refractivity contribution in [3.63, 3.8) is 0 Å². The highest BCUT2D eigenvalue weighted by atomic mass is 79.9. The fraction of sp³-hybridized carbons (Fsp3) is 0.462. The van der Waals surface area contributed by atoms with Crippen LogP contribution < -0.4 is 0 Å². The van der Waals surface area contributed by atoms with Crippen molar-refractivity contribution >= 4 is 31.9 Å². The number of ether oxygens (including phenoxy) is 1. The molecule has 0 N–H and O–H groups in total.